The molecule has 0 fully saturated rings. The van der Waals surface area contributed by atoms with Gasteiger partial charge in [0.15, 0.2) is 12.2 Å². The predicted molar refractivity (Wildman–Crippen MR) is 409 cm³/mol. The molecule has 594 valence electrons. The lowest BCUT2D eigenvalue weighted by molar-refractivity contribution is -0.161. The summed E-state index contributed by atoms with van der Waals surface area (Å²) in [5, 5.41) is 10.6. The van der Waals surface area contributed by atoms with Crippen LogP contribution in [0, 0.1) is 5.92 Å². The zero-order valence-corrected chi connectivity index (χ0v) is 67.1. The third-order valence-corrected chi connectivity index (χ3v) is 21.3. The Bertz CT molecular complexity index is 1910. The Balaban J connectivity index is 5.21. The molecule has 0 aliphatic heterocycles. The van der Waals surface area contributed by atoms with Gasteiger partial charge >= 0.3 is 39.5 Å². The molecule has 0 spiro atoms. The van der Waals surface area contributed by atoms with Crippen molar-refractivity contribution in [1.82, 2.24) is 0 Å². The summed E-state index contributed by atoms with van der Waals surface area (Å²) in [5.74, 6) is -1.26. The van der Waals surface area contributed by atoms with E-state index in [2.05, 4.69) is 34.6 Å². The van der Waals surface area contributed by atoms with E-state index in [0.29, 0.717) is 25.7 Å². The van der Waals surface area contributed by atoms with Crippen molar-refractivity contribution in [2.75, 3.05) is 39.6 Å². The smallest absolute Gasteiger partial charge is 0.462 e. The average Bonchev–Trinajstić information content (AvgIpc) is 0.929. The van der Waals surface area contributed by atoms with Gasteiger partial charge in [-0.25, -0.2) is 9.13 Å². The largest absolute Gasteiger partial charge is 0.472 e. The first-order valence-electron chi connectivity index (χ1n) is 42.2. The van der Waals surface area contributed by atoms with Crippen LogP contribution in [-0.4, -0.2) is 96.7 Å². The fourth-order valence-corrected chi connectivity index (χ4v) is 14.1. The van der Waals surface area contributed by atoms with Crippen LogP contribution in [0.4, 0.5) is 0 Å². The van der Waals surface area contributed by atoms with Crippen LogP contribution in [-0.2, 0) is 65.4 Å². The van der Waals surface area contributed by atoms with E-state index in [-0.39, 0.29) is 25.7 Å². The van der Waals surface area contributed by atoms with Crippen molar-refractivity contribution in [2.45, 2.75) is 451 Å². The normalized spacial score (nSPS) is 14.1. The zero-order valence-electron chi connectivity index (χ0n) is 65.3. The number of esters is 4. The van der Waals surface area contributed by atoms with Gasteiger partial charge in [0.1, 0.15) is 19.3 Å². The second-order valence-corrected chi connectivity index (χ2v) is 32.3. The van der Waals surface area contributed by atoms with Crippen LogP contribution in [0.25, 0.3) is 0 Å². The van der Waals surface area contributed by atoms with Gasteiger partial charge in [-0.05, 0) is 31.6 Å². The molecule has 6 atom stereocenters. The number of phosphoric acid groups is 2. The molecule has 3 unspecified atom stereocenters. The third kappa shape index (κ3) is 73.0. The van der Waals surface area contributed by atoms with Crippen LogP contribution >= 0.6 is 15.6 Å². The quantitative estimate of drug-likeness (QED) is 0.0222. The summed E-state index contributed by atoms with van der Waals surface area (Å²) in [6.07, 6.45) is 65.2. The molecule has 100 heavy (non-hydrogen) atoms. The highest BCUT2D eigenvalue weighted by molar-refractivity contribution is 7.47. The number of hydrogen-bond donors (Lipinski definition) is 3. The second kappa shape index (κ2) is 73.9. The molecule has 0 aliphatic carbocycles. The van der Waals surface area contributed by atoms with Crippen LogP contribution in [0.5, 0.6) is 0 Å². The van der Waals surface area contributed by atoms with Crippen molar-refractivity contribution in [1.29, 1.82) is 0 Å². The minimum Gasteiger partial charge on any atom is -0.462 e. The molecule has 0 aromatic carbocycles. The maximum Gasteiger partial charge on any atom is 0.472 e. The second-order valence-electron chi connectivity index (χ2n) is 29.4. The predicted octanol–water partition coefficient (Wildman–Crippen LogP) is 24.4. The van der Waals surface area contributed by atoms with E-state index >= 15 is 0 Å². The molecule has 0 aromatic rings. The third-order valence-electron chi connectivity index (χ3n) is 19.4. The van der Waals surface area contributed by atoms with E-state index in [1.165, 1.54) is 257 Å². The van der Waals surface area contributed by atoms with E-state index in [1.54, 1.807) is 0 Å². The molecule has 19 heteroatoms. The summed E-state index contributed by atoms with van der Waals surface area (Å²) >= 11 is 0. The van der Waals surface area contributed by atoms with Gasteiger partial charge < -0.3 is 33.8 Å². The molecule has 0 amide bonds. The number of aliphatic hydroxyl groups is 1. The standard InChI is InChI=1S/C81H158O17P2/c1-6-10-13-16-19-22-24-26-27-28-29-30-31-32-38-42-47-52-57-62-67-81(86)98-77(71-92-79(84)65-60-55-50-45-40-37-34-33-36-39-44-48-53-58-63-74(5)9-4)73-96-100(89,90)94-69-75(82)68-93-99(87,88)95-72-76(70-91-78(83)64-59-54-49-43-21-18-15-12-8-3)97-80(85)66-61-56-51-46-41-35-25-23-20-17-14-11-7-2/h74-77,82H,6-73H2,1-5H3,(H,87,88)(H,89,90)/t74?,75-,76+,77+/m0/s1. The summed E-state index contributed by atoms with van der Waals surface area (Å²) in [7, 11) is -9.92. The maximum absolute atomic E-state index is 13.1. The number of unbranched alkanes of at least 4 members (excludes halogenated alkanes) is 52. The molecule has 0 heterocycles. The van der Waals surface area contributed by atoms with Crippen molar-refractivity contribution in [3.8, 4) is 0 Å². The van der Waals surface area contributed by atoms with Crippen LogP contribution in [0.15, 0.2) is 0 Å². The van der Waals surface area contributed by atoms with Crippen molar-refractivity contribution >= 4 is 39.5 Å². The van der Waals surface area contributed by atoms with Gasteiger partial charge in [-0.2, -0.15) is 0 Å². The fraction of sp³-hybridized carbons (Fsp3) is 0.951. The van der Waals surface area contributed by atoms with Gasteiger partial charge in [0.25, 0.3) is 0 Å². The number of ether oxygens (including phenoxy) is 4. The average molecular weight is 1470 g/mol. The number of carbonyl (C=O) groups excluding carboxylic acids is 4. The Morgan fingerprint density at radius 1 is 0.280 bits per heavy atom. The first-order chi connectivity index (χ1) is 48.6. The summed E-state index contributed by atoms with van der Waals surface area (Å²) in [6, 6.07) is 0. The molecule has 0 aliphatic rings. The molecule has 0 bridgehead atoms. The number of rotatable bonds is 81. The highest BCUT2D eigenvalue weighted by Crippen LogP contribution is 2.45. The van der Waals surface area contributed by atoms with E-state index in [1.807, 2.05) is 0 Å². The van der Waals surface area contributed by atoms with Gasteiger partial charge in [0.2, 0.25) is 0 Å². The van der Waals surface area contributed by atoms with Crippen molar-refractivity contribution in [2.24, 2.45) is 5.92 Å². The molecule has 0 radical (unpaired) electrons. The van der Waals surface area contributed by atoms with Crippen molar-refractivity contribution in [3.05, 3.63) is 0 Å². The first-order valence-corrected chi connectivity index (χ1v) is 45.2. The first kappa shape index (κ1) is 98.1. The Hall–Kier alpha value is -1.94. The minimum atomic E-state index is -4.96. The van der Waals surface area contributed by atoms with Gasteiger partial charge in [-0.15, -0.1) is 0 Å². The Labute approximate surface area is 613 Å². The van der Waals surface area contributed by atoms with Gasteiger partial charge in [0, 0.05) is 25.7 Å². The monoisotopic (exact) mass is 1470 g/mol. The minimum absolute atomic E-state index is 0.108. The molecule has 0 saturated carbocycles. The lowest BCUT2D eigenvalue weighted by atomic mass is 9.99. The lowest BCUT2D eigenvalue weighted by Gasteiger charge is -2.21. The highest BCUT2D eigenvalue weighted by atomic mass is 31.2. The molecule has 0 saturated heterocycles. The van der Waals surface area contributed by atoms with E-state index < -0.39 is 97.5 Å². The van der Waals surface area contributed by atoms with Crippen LogP contribution in [0.1, 0.15) is 433 Å². The topological polar surface area (TPSA) is 237 Å². The molecular weight excluding hydrogens is 1310 g/mol. The molecule has 0 rings (SSSR count). The SMILES string of the molecule is CCCCCCCCCCCCCCCCCCCCCCC(=O)O[C@H](COC(=O)CCCCCCCCCCCCCCCCC(C)CC)COP(=O)(O)OC[C@@H](O)COP(=O)(O)OC[C@@H](COC(=O)CCCCCCCCCCC)OC(=O)CCCCCCCCCCCCCCC. The van der Waals surface area contributed by atoms with E-state index in [9.17, 15) is 43.2 Å². The molecule has 0 aromatic heterocycles. The van der Waals surface area contributed by atoms with Crippen LogP contribution in [0.3, 0.4) is 0 Å². The fourth-order valence-electron chi connectivity index (χ4n) is 12.6. The number of carbonyl (C=O) groups is 4. The number of phosphoric ester groups is 2. The molecular formula is C81H158O17P2. The summed E-state index contributed by atoms with van der Waals surface area (Å²) < 4.78 is 68.7. The molecule has 3 N–H and O–H groups in total. The van der Waals surface area contributed by atoms with Gasteiger partial charge in [-0.1, -0.05) is 381 Å². The Kier molecular flexibility index (Phi) is 72.5. The van der Waals surface area contributed by atoms with Crippen molar-refractivity contribution < 1.29 is 80.2 Å². The lowest BCUT2D eigenvalue weighted by Crippen LogP contribution is -2.30. The molecule has 17 nitrogen and oxygen atoms in total. The van der Waals surface area contributed by atoms with Gasteiger partial charge in [0.05, 0.1) is 26.4 Å². The zero-order chi connectivity index (χ0) is 73.4. The summed E-state index contributed by atoms with van der Waals surface area (Å²) in [5.41, 5.74) is 0. The van der Waals surface area contributed by atoms with E-state index in [0.717, 1.165) is 95.8 Å². The maximum atomic E-state index is 13.1. The summed E-state index contributed by atoms with van der Waals surface area (Å²) in [6.45, 7) is 7.37. The number of hydrogen-bond acceptors (Lipinski definition) is 15. The Morgan fingerprint density at radius 3 is 0.710 bits per heavy atom. The Morgan fingerprint density at radius 2 is 0.480 bits per heavy atom. The van der Waals surface area contributed by atoms with Crippen molar-refractivity contribution in [3.63, 3.8) is 0 Å². The number of aliphatic hydroxyl groups excluding tert-OH is 1. The van der Waals surface area contributed by atoms with Crippen LogP contribution < -0.4 is 0 Å². The van der Waals surface area contributed by atoms with E-state index in [4.69, 9.17) is 37.0 Å². The van der Waals surface area contributed by atoms with Crippen LogP contribution in [0.2, 0.25) is 0 Å². The van der Waals surface area contributed by atoms with Gasteiger partial charge in [-0.3, -0.25) is 37.3 Å². The highest BCUT2D eigenvalue weighted by Gasteiger charge is 2.30. The summed E-state index contributed by atoms with van der Waals surface area (Å²) in [4.78, 5) is 73.0.